The molecule has 0 aromatic heterocycles. The van der Waals surface area contributed by atoms with Crippen LogP contribution in [-0.2, 0) is 14.3 Å². The Morgan fingerprint density at radius 3 is 2.41 bits per heavy atom. The second-order valence-corrected chi connectivity index (χ2v) is 8.08. The molecule has 1 fully saturated rings. The zero-order valence-corrected chi connectivity index (χ0v) is 18.8. The summed E-state index contributed by atoms with van der Waals surface area (Å²) in [7, 11) is 1.57. The van der Waals surface area contributed by atoms with Crippen LogP contribution in [0.15, 0.2) is 48.0 Å². The summed E-state index contributed by atoms with van der Waals surface area (Å²) in [6, 6.07) is 10.7. The lowest BCUT2D eigenvalue weighted by Gasteiger charge is -2.25. The summed E-state index contributed by atoms with van der Waals surface area (Å²) >= 11 is 0. The highest BCUT2D eigenvalue weighted by molar-refractivity contribution is 6.46. The fourth-order valence-electron chi connectivity index (χ4n) is 3.83. The van der Waals surface area contributed by atoms with Gasteiger partial charge in [0.05, 0.1) is 17.7 Å². The quantitative estimate of drug-likeness (QED) is 0.280. The fraction of sp³-hybridized carbons (Fsp3) is 0.360. The number of methoxy groups -OCH3 is 1. The Hall–Kier alpha value is -3.32. The molecule has 170 valence electrons. The Morgan fingerprint density at radius 1 is 1.12 bits per heavy atom. The number of aliphatic hydroxyl groups excluding tert-OH is 1. The van der Waals surface area contributed by atoms with Crippen molar-refractivity contribution >= 4 is 17.4 Å². The number of aromatic hydroxyl groups is 1. The van der Waals surface area contributed by atoms with Crippen LogP contribution in [0.1, 0.15) is 43.0 Å². The number of ketones is 1. The number of benzene rings is 2. The summed E-state index contributed by atoms with van der Waals surface area (Å²) in [6.07, 6.45) is 0.540. The predicted octanol–water partition coefficient (Wildman–Crippen LogP) is 3.95. The number of aryl methyl sites for hydroxylation is 1. The Labute approximate surface area is 187 Å². The van der Waals surface area contributed by atoms with Crippen molar-refractivity contribution in [3.63, 3.8) is 0 Å². The van der Waals surface area contributed by atoms with E-state index in [-0.39, 0.29) is 23.2 Å². The molecule has 0 aliphatic carbocycles. The maximum Gasteiger partial charge on any atom is 0.295 e. The Balaban J connectivity index is 2.08. The van der Waals surface area contributed by atoms with Crippen LogP contribution in [0.2, 0.25) is 0 Å². The zero-order chi connectivity index (χ0) is 23.4. The third-order valence-electron chi connectivity index (χ3n) is 5.31. The topological polar surface area (TPSA) is 96.3 Å². The van der Waals surface area contributed by atoms with Crippen molar-refractivity contribution in [1.82, 2.24) is 4.90 Å². The molecular weight excluding hydrogens is 410 g/mol. The number of phenolic OH excluding ortho intramolecular Hbond substituents is 1. The average Bonchev–Trinajstić information content (AvgIpc) is 3.00. The third-order valence-corrected chi connectivity index (χ3v) is 5.31. The van der Waals surface area contributed by atoms with E-state index in [9.17, 15) is 19.8 Å². The minimum atomic E-state index is -0.764. The van der Waals surface area contributed by atoms with Crippen LogP contribution in [0, 0.1) is 6.92 Å². The van der Waals surface area contributed by atoms with Gasteiger partial charge in [-0.15, -0.1) is 0 Å². The maximum absolute atomic E-state index is 13.0. The Morgan fingerprint density at radius 2 is 1.81 bits per heavy atom. The van der Waals surface area contributed by atoms with E-state index in [1.54, 1.807) is 37.4 Å². The van der Waals surface area contributed by atoms with E-state index in [1.165, 1.54) is 17.0 Å². The summed E-state index contributed by atoms with van der Waals surface area (Å²) in [6.45, 7) is 6.43. The van der Waals surface area contributed by atoms with Crippen LogP contribution in [0.25, 0.3) is 5.76 Å². The van der Waals surface area contributed by atoms with Gasteiger partial charge < -0.3 is 24.6 Å². The van der Waals surface area contributed by atoms with Crippen LogP contribution < -0.4 is 4.74 Å². The molecule has 0 spiro atoms. The van der Waals surface area contributed by atoms with Crippen LogP contribution in [0.4, 0.5) is 0 Å². The zero-order valence-electron chi connectivity index (χ0n) is 18.8. The number of rotatable bonds is 8. The first kappa shape index (κ1) is 23.3. The largest absolute Gasteiger partial charge is 0.508 e. The summed E-state index contributed by atoms with van der Waals surface area (Å²) < 4.78 is 10.8. The van der Waals surface area contributed by atoms with Crippen molar-refractivity contribution in [2.45, 2.75) is 39.3 Å². The molecule has 1 aliphatic rings. The SMILES string of the molecule is COCCCN1C(=O)C(=O)C(=C(O)c2ccc(OC(C)C)c(C)c2)C1c1ccc(O)cc1. The molecule has 1 saturated heterocycles. The van der Waals surface area contributed by atoms with Gasteiger partial charge in [0, 0.05) is 25.8 Å². The van der Waals surface area contributed by atoms with Gasteiger partial charge in [0.1, 0.15) is 17.3 Å². The van der Waals surface area contributed by atoms with E-state index >= 15 is 0 Å². The predicted molar refractivity (Wildman–Crippen MR) is 121 cm³/mol. The number of Topliss-reactive ketones (excluding diaryl/α,β-unsaturated/α-hetero) is 1. The van der Waals surface area contributed by atoms with E-state index < -0.39 is 17.7 Å². The van der Waals surface area contributed by atoms with E-state index in [0.29, 0.717) is 36.4 Å². The number of ether oxygens (including phenoxy) is 2. The van der Waals surface area contributed by atoms with Crippen molar-refractivity contribution in [3.8, 4) is 11.5 Å². The molecule has 1 heterocycles. The Kier molecular flexibility index (Phi) is 7.20. The van der Waals surface area contributed by atoms with Crippen LogP contribution in [0.5, 0.6) is 11.5 Å². The van der Waals surface area contributed by atoms with Gasteiger partial charge in [-0.3, -0.25) is 9.59 Å². The van der Waals surface area contributed by atoms with E-state index in [0.717, 1.165) is 5.56 Å². The number of hydrogen-bond donors (Lipinski definition) is 2. The molecule has 1 amide bonds. The number of aliphatic hydroxyl groups is 1. The molecule has 0 bridgehead atoms. The number of nitrogens with zero attached hydrogens (tertiary/aromatic N) is 1. The number of phenols is 1. The number of likely N-dealkylation sites (tertiary alicyclic amines) is 1. The van der Waals surface area contributed by atoms with Crippen molar-refractivity contribution in [2.24, 2.45) is 0 Å². The molecule has 32 heavy (non-hydrogen) atoms. The van der Waals surface area contributed by atoms with Crippen LogP contribution in [-0.4, -0.2) is 53.2 Å². The smallest absolute Gasteiger partial charge is 0.295 e. The van der Waals surface area contributed by atoms with Gasteiger partial charge in [0.25, 0.3) is 11.7 Å². The monoisotopic (exact) mass is 439 g/mol. The van der Waals surface area contributed by atoms with Gasteiger partial charge in [-0.25, -0.2) is 0 Å². The minimum absolute atomic E-state index is 0.0000633. The minimum Gasteiger partial charge on any atom is -0.508 e. The first-order valence-corrected chi connectivity index (χ1v) is 10.6. The molecule has 7 heteroatoms. The fourth-order valence-corrected chi connectivity index (χ4v) is 3.83. The standard InChI is InChI=1S/C25H29NO6/c1-15(2)32-20-11-8-18(14-16(20)3)23(28)21-22(17-6-9-19(27)10-7-17)26(12-5-13-31-4)25(30)24(21)29/h6-11,14-15,22,27-28H,5,12-13H2,1-4H3. The van der Waals surface area contributed by atoms with Crippen molar-refractivity contribution in [3.05, 3.63) is 64.7 Å². The highest BCUT2D eigenvalue weighted by Gasteiger charge is 2.45. The molecule has 0 radical (unpaired) electrons. The first-order valence-electron chi connectivity index (χ1n) is 10.6. The van der Waals surface area contributed by atoms with Gasteiger partial charge in [0.15, 0.2) is 0 Å². The number of hydrogen-bond acceptors (Lipinski definition) is 6. The highest BCUT2D eigenvalue weighted by Crippen LogP contribution is 2.40. The number of carbonyl (C=O) groups excluding carboxylic acids is 2. The van der Waals surface area contributed by atoms with E-state index in [4.69, 9.17) is 9.47 Å². The van der Waals surface area contributed by atoms with Gasteiger partial charge in [-0.2, -0.15) is 0 Å². The van der Waals surface area contributed by atoms with Crippen LogP contribution in [0.3, 0.4) is 0 Å². The van der Waals surface area contributed by atoms with Gasteiger partial charge in [-0.1, -0.05) is 12.1 Å². The van der Waals surface area contributed by atoms with Gasteiger partial charge in [0.2, 0.25) is 0 Å². The van der Waals surface area contributed by atoms with Crippen molar-refractivity contribution < 1.29 is 29.3 Å². The normalized spacial score (nSPS) is 17.9. The van der Waals surface area contributed by atoms with E-state index in [1.807, 2.05) is 20.8 Å². The highest BCUT2D eigenvalue weighted by atomic mass is 16.5. The molecule has 7 nitrogen and oxygen atoms in total. The summed E-state index contributed by atoms with van der Waals surface area (Å²) in [5.41, 5.74) is 1.88. The lowest BCUT2D eigenvalue weighted by molar-refractivity contribution is -0.140. The number of carbonyl (C=O) groups is 2. The summed E-state index contributed by atoms with van der Waals surface area (Å²) in [5, 5.41) is 20.8. The lowest BCUT2D eigenvalue weighted by atomic mass is 9.94. The molecule has 2 aromatic rings. The Bertz CT molecular complexity index is 1030. The molecule has 1 atom stereocenters. The molecule has 2 aromatic carbocycles. The van der Waals surface area contributed by atoms with Gasteiger partial charge >= 0.3 is 0 Å². The third kappa shape index (κ3) is 4.78. The van der Waals surface area contributed by atoms with Gasteiger partial charge in [-0.05, 0) is 68.7 Å². The summed E-state index contributed by atoms with van der Waals surface area (Å²) in [5.74, 6) is -0.890. The lowest BCUT2D eigenvalue weighted by Crippen LogP contribution is -2.31. The number of amides is 1. The van der Waals surface area contributed by atoms with Crippen molar-refractivity contribution in [1.29, 1.82) is 0 Å². The molecule has 1 aliphatic heterocycles. The molecule has 2 N–H and O–H groups in total. The molecule has 0 saturated carbocycles. The molecule has 1 unspecified atom stereocenters. The van der Waals surface area contributed by atoms with Crippen molar-refractivity contribution in [2.75, 3.05) is 20.3 Å². The summed E-state index contributed by atoms with van der Waals surface area (Å²) in [4.78, 5) is 27.3. The first-order chi connectivity index (χ1) is 15.2. The average molecular weight is 440 g/mol. The molecular formula is C25H29NO6. The second-order valence-electron chi connectivity index (χ2n) is 8.08. The maximum atomic E-state index is 13.0. The van der Waals surface area contributed by atoms with Crippen LogP contribution >= 0.6 is 0 Å². The molecule has 3 rings (SSSR count). The second kappa shape index (κ2) is 9.87. The van der Waals surface area contributed by atoms with E-state index in [2.05, 4.69) is 0 Å².